The molecule has 1 atom stereocenters. The maximum absolute atomic E-state index is 6.45. The van der Waals surface area contributed by atoms with Gasteiger partial charge in [-0.25, -0.2) is 0 Å². The minimum atomic E-state index is -0.547. The number of fused-ring (bicyclic) bond motifs is 8. The summed E-state index contributed by atoms with van der Waals surface area (Å²) in [5.74, 6) is 0. The predicted molar refractivity (Wildman–Crippen MR) is 291 cm³/mol. The van der Waals surface area contributed by atoms with Crippen molar-refractivity contribution in [2.75, 3.05) is 4.90 Å². The molecule has 3 nitrogen and oxygen atoms in total. The second kappa shape index (κ2) is 16.0. The van der Waals surface area contributed by atoms with E-state index in [0.717, 1.165) is 61.3 Å². The SMILES string of the molecule is c1ccc(-c2ccc(N(c3ccc(-c4ccc(C5(c6ccccc6)c6ccccc6-n6c7ccccc7c7cccc5c76)cc4)cc3)c3ccc(-c4cccc5c4oc4ccccc45)cc3)cc2)cc1. The fraction of sp³-hybridized carbons (Fsp3) is 0.0149. The summed E-state index contributed by atoms with van der Waals surface area (Å²) >= 11 is 0. The van der Waals surface area contributed by atoms with Crippen LogP contribution in [0.2, 0.25) is 0 Å². The van der Waals surface area contributed by atoms with E-state index in [2.05, 4.69) is 264 Å². The Hall–Kier alpha value is -9.18. The summed E-state index contributed by atoms with van der Waals surface area (Å²) in [5.41, 5.74) is 20.1. The Balaban J connectivity index is 0.856. The lowest BCUT2D eigenvalue weighted by molar-refractivity contribution is 0.670. The molecule has 13 aromatic rings. The number of anilines is 3. The van der Waals surface area contributed by atoms with Crippen LogP contribution in [0.1, 0.15) is 22.3 Å². The van der Waals surface area contributed by atoms with Gasteiger partial charge in [0.15, 0.2) is 0 Å². The number of aromatic nitrogens is 1. The molecule has 0 saturated heterocycles. The zero-order valence-corrected chi connectivity index (χ0v) is 38.2. The van der Waals surface area contributed by atoms with E-state index in [4.69, 9.17) is 4.42 Å². The van der Waals surface area contributed by atoms with E-state index in [-0.39, 0.29) is 0 Å². The molecular formula is C67H44N2O. The number of hydrogen-bond acceptors (Lipinski definition) is 2. The third kappa shape index (κ3) is 6.08. The van der Waals surface area contributed by atoms with Gasteiger partial charge >= 0.3 is 0 Å². The van der Waals surface area contributed by atoms with Crippen molar-refractivity contribution in [2.24, 2.45) is 0 Å². The van der Waals surface area contributed by atoms with Crippen LogP contribution in [-0.4, -0.2) is 4.57 Å². The van der Waals surface area contributed by atoms with E-state index in [1.165, 1.54) is 60.9 Å². The predicted octanol–water partition coefficient (Wildman–Crippen LogP) is 17.8. The van der Waals surface area contributed by atoms with Crippen LogP contribution in [0.4, 0.5) is 17.1 Å². The largest absolute Gasteiger partial charge is 0.455 e. The molecule has 70 heavy (non-hydrogen) atoms. The molecule has 0 fully saturated rings. The van der Waals surface area contributed by atoms with Crippen LogP contribution in [-0.2, 0) is 5.41 Å². The van der Waals surface area contributed by atoms with Crippen LogP contribution in [0.5, 0.6) is 0 Å². The molecule has 0 N–H and O–H groups in total. The number of rotatable bonds is 8. The Bertz CT molecular complexity index is 4080. The number of nitrogens with zero attached hydrogens (tertiary/aromatic N) is 2. The van der Waals surface area contributed by atoms with E-state index in [9.17, 15) is 0 Å². The maximum Gasteiger partial charge on any atom is 0.143 e. The quantitative estimate of drug-likeness (QED) is 0.152. The molecule has 0 amide bonds. The topological polar surface area (TPSA) is 21.3 Å². The second-order valence-corrected chi connectivity index (χ2v) is 18.4. The minimum Gasteiger partial charge on any atom is -0.455 e. The Labute approximate surface area is 406 Å². The van der Waals surface area contributed by atoms with Gasteiger partial charge in [-0.05, 0) is 105 Å². The molecule has 0 radical (unpaired) electrons. The van der Waals surface area contributed by atoms with Crippen molar-refractivity contribution in [2.45, 2.75) is 5.41 Å². The average Bonchev–Trinajstić information content (AvgIpc) is 4.00. The highest BCUT2D eigenvalue weighted by molar-refractivity contribution is 6.12. The van der Waals surface area contributed by atoms with E-state index >= 15 is 0 Å². The molecule has 3 heteroatoms. The van der Waals surface area contributed by atoms with Crippen molar-refractivity contribution in [3.8, 4) is 39.1 Å². The number of para-hydroxylation sites is 5. The molecule has 0 bridgehead atoms. The van der Waals surface area contributed by atoms with E-state index < -0.39 is 5.41 Å². The van der Waals surface area contributed by atoms with Gasteiger partial charge in [-0.3, -0.25) is 0 Å². The van der Waals surface area contributed by atoms with E-state index in [1.54, 1.807) is 0 Å². The van der Waals surface area contributed by atoms with Gasteiger partial charge in [-0.15, -0.1) is 0 Å². The van der Waals surface area contributed by atoms with Crippen LogP contribution in [0.15, 0.2) is 271 Å². The van der Waals surface area contributed by atoms with Crippen molar-refractivity contribution < 1.29 is 4.42 Å². The Morgan fingerprint density at radius 1 is 0.329 bits per heavy atom. The summed E-state index contributed by atoms with van der Waals surface area (Å²) in [6.07, 6.45) is 0. The van der Waals surface area contributed by atoms with Crippen molar-refractivity contribution in [1.82, 2.24) is 4.57 Å². The molecule has 0 aliphatic carbocycles. The normalized spacial score (nSPS) is 14.1. The smallest absolute Gasteiger partial charge is 0.143 e. The Morgan fingerprint density at radius 3 is 1.51 bits per heavy atom. The Kier molecular flexibility index (Phi) is 9.11. The first kappa shape index (κ1) is 39.9. The molecular weight excluding hydrogens is 849 g/mol. The lowest BCUT2D eigenvalue weighted by Crippen LogP contribution is -2.35. The molecule has 1 aliphatic heterocycles. The number of furan rings is 1. The minimum absolute atomic E-state index is 0.547. The first-order valence-electron chi connectivity index (χ1n) is 24.1. The van der Waals surface area contributed by atoms with Gasteiger partial charge in [-0.1, -0.05) is 212 Å². The molecule has 1 unspecified atom stereocenters. The van der Waals surface area contributed by atoms with Gasteiger partial charge in [0.25, 0.3) is 0 Å². The van der Waals surface area contributed by atoms with E-state index in [0.29, 0.717) is 0 Å². The summed E-state index contributed by atoms with van der Waals surface area (Å²) in [6.45, 7) is 0. The molecule has 328 valence electrons. The molecule has 0 spiro atoms. The van der Waals surface area contributed by atoms with Crippen LogP contribution in [0.3, 0.4) is 0 Å². The fourth-order valence-electron chi connectivity index (χ4n) is 11.5. The molecule has 2 aromatic heterocycles. The van der Waals surface area contributed by atoms with E-state index in [1.807, 2.05) is 12.1 Å². The summed E-state index contributed by atoms with van der Waals surface area (Å²) in [6, 6.07) is 97.2. The first-order valence-corrected chi connectivity index (χ1v) is 24.1. The van der Waals surface area contributed by atoms with Gasteiger partial charge in [0, 0.05) is 44.2 Å². The molecule has 1 aliphatic rings. The highest BCUT2D eigenvalue weighted by atomic mass is 16.3. The standard InChI is InChI=1S/C67H44N2O/c1-3-15-45(16-4-1)47-31-39-52(40-32-47)68(54-43-35-49(36-44-54)55-21-13-23-59-57-20-8-12-28-64(57)70-66(55)59)53-41-33-48(34-42-53)46-29-37-51(38-30-46)67(50-17-5-2-6-18-50)60-24-9-11-27-63(60)69-62-26-10-7-19-56(62)58-22-14-25-61(67)65(58)69/h1-44H. The van der Waals surface area contributed by atoms with Crippen molar-refractivity contribution in [3.05, 3.63) is 289 Å². The third-order valence-electron chi connectivity index (χ3n) is 14.7. The van der Waals surface area contributed by atoms with Crippen molar-refractivity contribution in [1.29, 1.82) is 0 Å². The number of benzene rings is 11. The summed E-state index contributed by atoms with van der Waals surface area (Å²) < 4.78 is 8.94. The highest BCUT2D eigenvalue weighted by Crippen LogP contribution is 2.54. The van der Waals surface area contributed by atoms with Crippen LogP contribution < -0.4 is 4.90 Å². The van der Waals surface area contributed by atoms with Gasteiger partial charge in [0.2, 0.25) is 0 Å². The van der Waals surface area contributed by atoms with Crippen LogP contribution in [0, 0.1) is 0 Å². The van der Waals surface area contributed by atoms with Gasteiger partial charge in [-0.2, -0.15) is 0 Å². The lowest BCUT2D eigenvalue weighted by Gasteiger charge is -2.41. The summed E-state index contributed by atoms with van der Waals surface area (Å²) in [7, 11) is 0. The Morgan fingerprint density at radius 2 is 0.814 bits per heavy atom. The fourth-order valence-corrected chi connectivity index (χ4v) is 11.5. The van der Waals surface area contributed by atoms with Crippen molar-refractivity contribution >= 4 is 60.8 Å². The lowest BCUT2D eigenvalue weighted by atomic mass is 9.63. The van der Waals surface area contributed by atoms with Gasteiger partial charge in [0.1, 0.15) is 11.2 Å². The molecule has 11 aromatic carbocycles. The number of hydrogen-bond donors (Lipinski definition) is 0. The third-order valence-corrected chi connectivity index (χ3v) is 14.7. The maximum atomic E-state index is 6.45. The molecule has 14 rings (SSSR count). The van der Waals surface area contributed by atoms with Gasteiger partial charge in [0.05, 0.1) is 22.1 Å². The highest BCUT2D eigenvalue weighted by Gasteiger charge is 2.45. The summed E-state index contributed by atoms with van der Waals surface area (Å²) in [5, 5.41) is 4.81. The second-order valence-electron chi connectivity index (χ2n) is 18.4. The van der Waals surface area contributed by atoms with Gasteiger partial charge < -0.3 is 13.9 Å². The van der Waals surface area contributed by atoms with Crippen LogP contribution >= 0.6 is 0 Å². The molecule has 0 saturated carbocycles. The van der Waals surface area contributed by atoms with Crippen molar-refractivity contribution in [3.63, 3.8) is 0 Å². The average molecular weight is 893 g/mol. The zero-order chi connectivity index (χ0) is 46.2. The molecule has 3 heterocycles. The monoisotopic (exact) mass is 892 g/mol. The summed E-state index contributed by atoms with van der Waals surface area (Å²) in [4.78, 5) is 2.34. The first-order chi connectivity index (χ1) is 34.7. The zero-order valence-electron chi connectivity index (χ0n) is 38.2. The van der Waals surface area contributed by atoms with Crippen LogP contribution in [0.25, 0.3) is 82.8 Å².